The lowest BCUT2D eigenvalue weighted by Gasteiger charge is -2.19. The fourth-order valence-electron chi connectivity index (χ4n) is 1.25. The molecule has 106 valence electrons. The van der Waals surface area contributed by atoms with E-state index in [9.17, 15) is 18.0 Å². The Bertz CT molecular complexity index is 294. The molecular weight excluding hydrogens is 253 g/mol. The van der Waals surface area contributed by atoms with Gasteiger partial charge in [-0.2, -0.15) is 13.2 Å². The van der Waals surface area contributed by atoms with Crippen molar-refractivity contribution in [1.82, 2.24) is 5.32 Å². The first kappa shape index (κ1) is 16.5. The van der Waals surface area contributed by atoms with Crippen LogP contribution in [0.15, 0.2) is 5.16 Å². The summed E-state index contributed by atoms with van der Waals surface area (Å²) in [5.74, 6) is -3.36. The summed E-state index contributed by atoms with van der Waals surface area (Å²) in [6.45, 7) is -0.186. The number of unbranched alkanes of at least 4 members (excludes halogenated alkanes) is 1. The quantitative estimate of drug-likeness (QED) is 0.165. The van der Waals surface area contributed by atoms with Crippen LogP contribution in [0.5, 0.6) is 0 Å². The smallest absolute Gasteiger partial charge is 0.400 e. The van der Waals surface area contributed by atoms with Gasteiger partial charge in [0.1, 0.15) is 5.92 Å². The fraction of sp³-hybridized carbons (Fsp3) is 0.778. The first-order valence-electron chi connectivity index (χ1n) is 5.32. The van der Waals surface area contributed by atoms with Crippen LogP contribution in [0.4, 0.5) is 13.2 Å². The molecule has 0 fully saturated rings. The van der Waals surface area contributed by atoms with E-state index in [0.29, 0.717) is 19.4 Å². The van der Waals surface area contributed by atoms with Crippen molar-refractivity contribution in [2.24, 2.45) is 22.5 Å². The molecule has 1 unspecified atom stereocenters. The number of alkyl halides is 3. The second kappa shape index (κ2) is 7.75. The number of amidine groups is 1. The summed E-state index contributed by atoms with van der Waals surface area (Å²) >= 11 is 0. The lowest BCUT2D eigenvalue weighted by molar-refractivity contribution is -0.154. The van der Waals surface area contributed by atoms with E-state index < -0.39 is 30.4 Å². The van der Waals surface area contributed by atoms with Gasteiger partial charge in [0, 0.05) is 13.0 Å². The van der Waals surface area contributed by atoms with E-state index in [1.807, 2.05) is 0 Å². The van der Waals surface area contributed by atoms with Crippen LogP contribution in [0.1, 0.15) is 19.3 Å². The molecule has 0 aliphatic carbocycles. The van der Waals surface area contributed by atoms with Crippen molar-refractivity contribution < 1.29 is 23.2 Å². The third-order valence-corrected chi connectivity index (χ3v) is 2.24. The molecule has 0 saturated carbocycles. The molecule has 0 spiro atoms. The van der Waals surface area contributed by atoms with Crippen LogP contribution in [-0.2, 0) is 4.79 Å². The molecule has 1 atom stereocenters. The molecule has 6 N–H and O–H groups in total. The van der Waals surface area contributed by atoms with Crippen LogP contribution in [0.25, 0.3) is 0 Å². The lowest BCUT2D eigenvalue weighted by atomic mass is 10.1. The maximum Gasteiger partial charge on any atom is 0.400 e. The first-order chi connectivity index (χ1) is 8.29. The Hall–Kier alpha value is -1.51. The van der Waals surface area contributed by atoms with E-state index in [1.165, 1.54) is 0 Å². The number of carbonyl (C=O) groups is 1. The number of hydrogen-bond acceptors (Lipinski definition) is 4. The Labute approximate surface area is 102 Å². The summed E-state index contributed by atoms with van der Waals surface area (Å²) in [4.78, 5) is 10.4. The molecular formula is C9H17F3N4O2. The topological polar surface area (TPSA) is 114 Å². The zero-order valence-electron chi connectivity index (χ0n) is 9.70. The van der Waals surface area contributed by atoms with Crippen LogP contribution < -0.4 is 16.8 Å². The molecule has 9 heteroatoms. The minimum atomic E-state index is -4.57. The summed E-state index contributed by atoms with van der Waals surface area (Å²) < 4.78 is 37.4. The number of nitrogens with zero attached hydrogens (tertiary/aromatic N) is 1. The van der Waals surface area contributed by atoms with Gasteiger partial charge in [-0.05, 0) is 19.4 Å². The highest BCUT2D eigenvalue weighted by atomic mass is 19.4. The molecule has 0 bridgehead atoms. The predicted octanol–water partition coefficient (Wildman–Crippen LogP) is 0.156. The summed E-state index contributed by atoms with van der Waals surface area (Å²) in [6, 6.07) is 0. The third-order valence-electron chi connectivity index (χ3n) is 2.24. The Morgan fingerprint density at radius 1 is 1.33 bits per heavy atom. The van der Waals surface area contributed by atoms with E-state index in [2.05, 4.69) is 10.5 Å². The molecule has 0 heterocycles. The van der Waals surface area contributed by atoms with Crippen molar-refractivity contribution in [3.8, 4) is 0 Å². The molecule has 0 aliphatic heterocycles. The second-order valence-electron chi connectivity index (χ2n) is 3.75. The first-order valence-corrected chi connectivity index (χ1v) is 5.32. The van der Waals surface area contributed by atoms with E-state index in [-0.39, 0.29) is 6.42 Å². The van der Waals surface area contributed by atoms with E-state index in [1.54, 1.807) is 0 Å². The van der Waals surface area contributed by atoms with Gasteiger partial charge in [0.2, 0.25) is 5.91 Å². The van der Waals surface area contributed by atoms with E-state index in [0.717, 1.165) is 0 Å². The maximum absolute atomic E-state index is 12.5. The summed E-state index contributed by atoms with van der Waals surface area (Å²) in [5, 5.41) is 13.2. The summed E-state index contributed by atoms with van der Waals surface area (Å²) in [5.41, 5.74) is 9.86. The molecule has 18 heavy (non-hydrogen) atoms. The van der Waals surface area contributed by atoms with Gasteiger partial charge in [-0.1, -0.05) is 5.16 Å². The van der Waals surface area contributed by atoms with Gasteiger partial charge >= 0.3 is 6.18 Å². The molecule has 0 aromatic heterocycles. The molecule has 0 aliphatic rings. The molecule has 0 aromatic carbocycles. The van der Waals surface area contributed by atoms with E-state index in [4.69, 9.17) is 16.7 Å². The number of amides is 1. The van der Waals surface area contributed by atoms with Crippen molar-refractivity contribution in [1.29, 1.82) is 0 Å². The molecule has 0 aromatic rings. The molecule has 0 radical (unpaired) electrons. The summed E-state index contributed by atoms with van der Waals surface area (Å²) in [6.07, 6.45) is -3.35. The van der Waals surface area contributed by atoms with Crippen molar-refractivity contribution in [3.05, 3.63) is 0 Å². The monoisotopic (exact) mass is 270 g/mol. The number of primary amides is 1. The summed E-state index contributed by atoms with van der Waals surface area (Å²) in [7, 11) is 0. The van der Waals surface area contributed by atoms with Gasteiger partial charge in [0.25, 0.3) is 0 Å². The van der Waals surface area contributed by atoms with Gasteiger partial charge in [0.15, 0.2) is 5.84 Å². The van der Waals surface area contributed by atoms with Gasteiger partial charge < -0.3 is 22.0 Å². The highest BCUT2D eigenvalue weighted by Crippen LogP contribution is 2.25. The van der Waals surface area contributed by atoms with Crippen LogP contribution in [-0.4, -0.2) is 36.2 Å². The number of nitrogens with one attached hydrogen (secondary N) is 1. The largest absolute Gasteiger partial charge is 0.409 e. The molecule has 0 saturated heterocycles. The second-order valence-corrected chi connectivity index (χ2v) is 3.75. The van der Waals surface area contributed by atoms with Crippen molar-refractivity contribution in [2.75, 3.05) is 13.1 Å². The standard InChI is InChI=1S/C9H17F3N4O2/c10-9(11,12)6(8(14)16-18)5-15-4-2-1-3-7(13)17/h6,15,18H,1-5H2,(H2,13,17)(H2,14,16). The van der Waals surface area contributed by atoms with Crippen molar-refractivity contribution in [3.63, 3.8) is 0 Å². The van der Waals surface area contributed by atoms with Gasteiger partial charge in [-0.3, -0.25) is 4.79 Å². The SMILES string of the molecule is NC(=O)CCCCNCC(C(N)=NO)C(F)(F)F. The number of carbonyl (C=O) groups excluding carboxylic acids is 1. The van der Waals surface area contributed by atoms with Crippen molar-refractivity contribution in [2.45, 2.75) is 25.4 Å². The van der Waals surface area contributed by atoms with Crippen molar-refractivity contribution >= 4 is 11.7 Å². The third kappa shape index (κ3) is 6.94. The zero-order chi connectivity index (χ0) is 14.2. The number of nitrogens with two attached hydrogens (primary N) is 2. The van der Waals surface area contributed by atoms with Crippen LogP contribution in [0.3, 0.4) is 0 Å². The highest BCUT2D eigenvalue weighted by molar-refractivity contribution is 5.83. The fourth-order valence-corrected chi connectivity index (χ4v) is 1.25. The minimum absolute atomic E-state index is 0.199. The number of halogens is 3. The van der Waals surface area contributed by atoms with Gasteiger partial charge in [0.05, 0.1) is 0 Å². The Kier molecular flexibility index (Phi) is 7.10. The number of rotatable bonds is 8. The van der Waals surface area contributed by atoms with Gasteiger partial charge in [-0.15, -0.1) is 0 Å². The lowest BCUT2D eigenvalue weighted by Crippen LogP contribution is -2.43. The van der Waals surface area contributed by atoms with E-state index >= 15 is 0 Å². The minimum Gasteiger partial charge on any atom is -0.409 e. The van der Waals surface area contributed by atoms with Crippen LogP contribution in [0, 0.1) is 5.92 Å². The molecule has 1 amide bonds. The maximum atomic E-state index is 12.5. The van der Waals surface area contributed by atoms with Crippen LogP contribution >= 0.6 is 0 Å². The molecule has 6 nitrogen and oxygen atoms in total. The van der Waals surface area contributed by atoms with Gasteiger partial charge in [-0.25, -0.2) is 0 Å². The predicted molar refractivity (Wildman–Crippen MR) is 58.9 cm³/mol. The Balaban J connectivity index is 3.96. The zero-order valence-corrected chi connectivity index (χ0v) is 9.70. The normalized spacial score (nSPS) is 14.5. The average molecular weight is 270 g/mol. The Morgan fingerprint density at radius 3 is 2.39 bits per heavy atom. The van der Waals surface area contributed by atoms with Crippen LogP contribution in [0.2, 0.25) is 0 Å². The number of oxime groups is 1. The Morgan fingerprint density at radius 2 is 1.94 bits per heavy atom. The average Bonchev–Trinajstić information content (AvgIpc) is 2.25. The number of hydrogen-bond donors (Lipinski definition) is 4. The molecule has 0 rings (SSSR count). The highest BCUT2D eigenvalue weighted by Gasteiger charge is 2.42.